The summed E-state index contributed by atoms with van der Waals surface area (Å²) in [5.41, 5.74) is 1.96. The van der Waals surface area contributed by atoms with Crippen molar-refractivity contribution < 1.29 is 24.2 Å². The molecule has 5 nitrogen and oxygen atoms in total. The van der Waals surface area contributed by atoms with Crippen LogP contribution in [0.1, 0.15) is 49.4 Å². The highest BCUT2D eigenvalue weighted by atomic mass is 16.5. The molecule has 0 saturated heterocycles. The number of ether oxygens (including phenoxy) is 1. The topological polar surface area (TPSA) is 80.7 Å². The maximum Gasteiger partial charge on any atom is 0.198 e. The third-order valence-corrected chi connectivity index (χ3v) is 4.73. The van der Waals surface area contributed by atoms with E-state index in [0.717, 1.165) is 0 Å². The fraction of sp³-hybridized carbons (Fsp3) is 0.211. The second kappa shape index (κ2) is 5.03. The molecule has 0 amide bonds. The van der Waals surface area contributed by atoms with Gasteiger partial charge in [0.05, 0.1) is 12.7 Å². The van der Waals surface area contributed by atoms with Crippen LogP contribution in [0.25, 0.3) is 0 Å². The number of phenols is 1. The minimum Gasteiger partial charge on any atom is -0.507 e. The molecule has 2 aromatic carbocycles. The number of benzene rings is 2. The number of hydrogen-bond acceptors (Lipinski definition) is 5. The highest BCUT2D eigenvalue weighted by molar-refractivity contribution is 6.29. The van der Waals surface area contributed by atoms with Crippen molar-refractivity contribution in [2.45, 2.75) is 19.3 Å². The van der Waals surface area contributed by atoms with E-state index in [-0.39, 0.29) is 51.8 Å². The van der Waals surface area contributed by atoms with Crippen LogP contribution in [0.15, 0.2) is 24.3 Å². The van der Waals surface area contributed by atoms with Crippen molar-refractivity contribution in [3.8, 4) is 11.5 Å². The van der Waals surface area contributed by atoms with E-state index < -0.39 is 0 Å². The molecular weight excluding hydrogens is 308 g/mol. The summed E-state index contributed by atoms with van der Waals surface area (Å²) in [5, 5.41) is 10.6. The molecule has 0 saturated carbocycles. The van der Waals surface area contributed by atoms with E-state index in [9.17, 15) is 19.5 Å². The van der Waals surface area contributed by atoms with Crippen molar-refractivity contribution in [3.63, 3.8) is 0 Å². The molecular formula is C19H14O5. The summed E-state index contributed by atoms with van der Waals surface area (Å²) in [6, 6.07) is 6.27. The lowest BCUT2D eigenvalue weighted by Gasteiger charge is -2.24. The van der Waals surface area contributed by atoms with Crippen LogP contribution in [0.4, 0.5) is 0 Å². The Bertz CT molecular complexity index is 939. The summed E-state index contributed by atoms with van der Waals surface area (Å²) in [6.45, 7) is 0. The molecule has 0 atom stereocenters. The first-order valence-electron chi connectivity index (χ1n) is 7.68. The van der Waals surface area contributed by atoms with Crippen molar-refractivity contribution in [2.75, 3.05) is 7.11 Å². The van der Waals surface area contributed by atoms with Gasteiger partial charge in [-0.05, 0) is 41.8 Å². The van der Waals surface area contributed by atoms with Crippen molar-refractivity contribution in [3.05, 3.63) is 57.6 Å². The number of fused-ring (bicyclic) bond motifs is 3. The Morgan fingerprint density at radius 3 is 2.50 bits per heavy atom. The second-order valence-electron chi connectivity index (χ2n) is 6.07. The van der Waals surface area contributed by atoms with Crippen LogP contribution >= 0.6 is 0 Å². The molecule has 1 N–H and O–H groups in total. The zero-order valence-electron chi connectivity index (χ0n) is 13.0. The molecule has 0 heterocycles. The lowest BCUT2D eigenvalue weighted by Crippen LogP contribution is -2.24. The minimum absolute atomic E-state index is 0.0470. The fourth-order valence-corrected chi connectivity index (χ4v) is 3.49. The minimum atomic E-state index is -0.376. The van der Waals surface area contributed by atoms with Gasteiger partial charge in [0.25, 0.3) is 0 Å². The lowest BCUT2D eigenvalue weighted by molar-refractivity contribution is -0.118. The van der Waals surface area contributed by atoms with Gasteiger partial charge in [-0.3, -0.25) is 14.4 Å². The average molecular weight is 322 g/mol. The van der Waals surface area contributed by atoms with E-state index >= 15 is 0 Å². The van der Waals surface area contributed by atoms with E-state index in [1.165, 1.54) is 13.2 Å². The van der Waals surface area contributed by atoms with Crippen LogP contribution in [-0.2, 0) is 17.6 Å². The number of rotatable bonds is 1. The molecule has 24 heavy (non-hydrogen) atoms. The molecule has 120 valence electrons. The van der Waals surface area contributed by atoms with Crippen molar-refractivity contribution >= 4 is 17.3 Å². The highest BCUT2D eigenvalue weighted by Crippen LogP contribution is 2.39. The SMILES string of the molecule is COc1ccc2c(c1)C(=O)c1cc3c(c(O)c1C2=O)CCC(=O)C3. The van der Waals surface area contributed by atoms with Gasteiger partial charge in [-0.1, -0.05) is 0 Å². The van der Waals surface area contributed by atoms with Crippen LogP contribution in [0, 0.1) is 0 Å². The molecule has 0 aliphatic heterocycles. The number of carbonyl (C=O) groups excluding carboxylic acids is 3. The van der Waals surface area contributed by atoms with Crippen LogP contribution < -0.4 is 4.74 Å². The van der Waals surface area contributed by atoms with Crippen LogP contribution in [0.3, 0.4) is 0 Å². The monoisotopic (exact) mass is 322 g/mol. The van der Waals surface area contributed by atoms with E-state index in [4.69, 9.17) is 4.74 Å². The van der Waals surface area contributed by atoms with E-state index in [1.54, 1.807) is 18.2 Å². The maximum absolute atomic E-state index is 12.8. The molecule has 0 aromatic heterocycles. The van der Waals surface area contributed by atoms with Crippen LogP contribution in [0.5, 0.6) is 11.5 Å². The van der Waals surface area contributed by atoms with Gasteiger partial charge in [0.2, 0.25) is 0 Å². The van der Waals surface area contributed by atoms with E-state index in [1.807, 2.05) is 0 Å². The molecule has 0 unspecified atom stereocenters. The summed E-state index contributed by atoms with van der Waals surface area (Å²) in [5.74, 6) is -0.321. The quantitative estimate of drug-likeness (QED) is 0.743. The maximum atomic E-state index is 12.8. The first-order chi connectivity index (χ1) is 11.5. The molecule has 2 aliphatic carbocycles. The van der Waals surface area contributed by atoms with Crippen molar-refractivity contribution in [2.24, 2.45) is 0 Å². The molecule has 2 aliphatic rings. The third kappa shape index (κ3) is 1.91. The number of methoxy groups -OCH3 is 1. The molecule has 0 spiro atoms. The average Bonchev–Trinajstić information content (AvgIpc) is 2.58. The van der Waals surface area contributed by atoms with Crippen molar-refractivity contribution in [1.29, 1.82) is 0 Å². The number of ketones is 3. The zero-order chi connectivity index (χ0) is 17.0. The number of carbonyl (C=O) groups is 3. The Hall–Kier alpha value is -2.95. The largest absolute Gasteiger partial charge is 0.507 e. The normalized spacial score (nSPS) is 15.6. The molecule has 5 heteroatoms. The number of aromatic hydroxyl groups is 1. The van der Waals surface area contributed by atoms with Gasteiger partial charge in [-0.2, -0.15) is 0 Å². The van der Waals surface area contributed by atoms with Gasteiger partial charge in [-0.25, -0.2) is 0 Å². The standard InChI is InChI=1S/C19H14O5/c1-24-11-3-5-13-14(8-11)17(21)15-7-9-6-10(20)2-4-12(9)18(22)16(15)19(13)23/h3,5,7-8,22H,2,4,6H2,1H3. The molecule has 0 fully saturated rings. The summed E-state index contributed by atoms with van der Waals surface area (Å²) >= 11 is 0. The predicted molar refractivity (Wildman–Crippen MR) is 85.0 cm³/mol. The first kappa shape index (κ1) is 14.6. The molecule has 2 aromatic rings. The van der Waals surface area contributed by atoms with Gasteiger partial charge in [0, 0.05) is 29.5 Å². The Labute approximate surface area is 137 Å². The summed E-state index contributed by atoms with van der Waals surface area (Å²) in [4.78, 5) is 37.3. The Morgan fingerprint density at radius 1 is 0.958 bits per heavy atom. The molecule has 0 bridgehead atoms. The Balaban J connectivity index is 1.97. The van der Waals surface area contributed by atoms with Crippen LogP contribution in [-0.4, -0.2) is 29.6 Å². The Kier molecular flexibility index (Phi) is 3.06. The third-order valence-electron chi connectivity index (χ3n) is 4.73. The smallest absolute Gasteiger partial charge is 0.198 e. The molecule has 4 rings (SSSR count). The van der Waals surface area contributed by atoms with Gasteiger partial charge in [0.1, 0.15) is 17.3 Å². The van der Waals surface area contributed by atoms with E-state index in [2.05, 4.69) is 0 Å². The van der Waals surface area contributed by atoms with Gasteiger partial charge < -0.3 is 9.84 Å². The summed E-state index contributed by atoms with van der Waals surface area (Å²) in [6.07, 6.45) is 0.919. The van der Waals surface area contributed by atoms with Gasteiger partial charge in [-0.15, -0.1) is 0 Å². The number of phenolic OH excluding ortho intramolecular Hbond substituents is 1. The van der Waals surface area contributed by atoms with Gasteiger partial charge >= 0.3 is 0 Å². The summed E-state index contributed by atoms with van der Waals surface area (Å²) in [7, 11) is 1.48. The fourth-order valence-electron chi connectivity index (χ4n) is 3.49. The Morgan fingerprint density at radius 2 is 1.75 bits per heavy atom. The van der Waals surface area contributed by atoms with Crippen molar-refractivity contribution in [1.82, 2.24) is 0 Å². The summed E-state index contributed by atoms with van der Waals surface area (Å²) < 4.78 is 5.12. The van der Waals surface area contributed by atoms with E-state index in [0.29, 0.717) is 29.7 Å². The van der Waals surface area contributed by atoms with Crippen LogP contribution in [0.2, 0.25) is 0 Å². The molecule has 0 radical (unpaired) electrons. The first-order valence-corrected chi connectivity index (χ1v) is 7.68. The van der Waals surface area contributed by atoms with Gasteiger partial charge in [0.15, 0.2) is 11.6 Å². The number of Topliss-reactive ketones (excluding diaryl/α,β-unsaturated/α-hetero) is 1. The number of hydrogen-bond donors (Lipinski definition) is 1. The zero-order valence-corrected chi connectivity index (χ0v) is 13.0. The second-order valence-corrected chi connectivity index (χ2v) is 6.07. The lowest BCUT2D eigenvalue weighted by atomic mass is 9.78. The predicted octanol–water partition coefficient (Wildman–Crippen LogP) is 2.23. The highest BCUT2D eigenvalue weighted by Gasteiger charge is 2.35.